The zero-order valence-corrected chi connectivity index (χ0v) is 27.0. The van der Waals surface area contributed by atoms with Crippen molar-refractivity contribution in [2.75, 3.05) is 20.8 Å². The second-order valence-electron chi connectivity index (χ2n) is 11.1. The molecule has 0 spiro atoms. The number of rotatable bonds is 9. The first-order chi connectivity index (χ1) is 21.2. The molecule has 2 saturated heterocycles. The number of fused-ring (bicyclic) bond motifs is 3. The van der Waals surface area contributed by atoms with Crippen molar-refractivity contribution in [2.24, 2.45) is 17.8 Å². The smallest absolute Gasteiger partial charge is 0.455 e. The van der Waals surface area contributed by atoms with Gasteiger partial charge in [0.1, 0.15) is 12.4 Å². The van der Waals surface area contributed by atoms with Gasteiger partial charge in [-0.1, -0.05) is 36.8 Å². The Balaban J connectivity index is 1.47. The van der Waals surface area contributed by atoms with Crippen molar-refractivity contribution in [2.45, 2.75) is 45.0 Å². The molecule has 2 N–H and O–H groups in total. The second-order valence-corrected chi connectivity index (χ2v) is 12.3. The Morgan fingerprint density at radius 1 is 1.16 bits per heavy atom. The summed E-state index contributed by atoms with van der Waals surface area (Å²) in [6.45, 7) is 2.23. The highest BCUT2D eigenvalue weighted by atomic mass is 127. The van der Waals surface area contributed by atoms with Crippen molar-refractivity contribution in [1.82, 2.24) is 4.90 Å². The Hall–Kier alpha value is -3.36. The first kappa shape index (κ1) is 32.1. The van der Waals surface area contributed by atoms with Gasteiger partial charge in [-0.05, 0) is 101 Å². The molecule has 3 aliphatic rings. The average Bonchev–Trinajstić information content (AvgIpc) is 3.28. The minimum atomic E-state index is -1.14. The number of halogens is 1. The van der Waals surface area contributed by atoms with Gasteiger partial charge in [0.2, 0.25) is 11.8 Å². The molecule has 232 valence electrons. The number of methoxy groups -OCH3 is 2. The zero-order chi connectivity index (χ0) is 31.5. The van der Waals surface area contributed by atoms with Gasteiger partial charge in [-0.15, -0.1) is 0 Å². The molecule has 10 nitrogen and oxygen atoms in total. The molecule has 2 aromatic carbocycles. The zero-order valence-electron chi connectivity index (χ0n) is 24.8. The highest BCUT2D eigenvalue weighted by Gasteiger charge is 2.59. The van der Waals surface area contributed by atoms with E-state index in [2.05, 4.69) is 35.6 Å². The SMILES string of the molecule is CC/C(=C\c1cc(I)c(O)c(OC)c1)CC[C@H]1OB(O)C[C@H]2C1=C(COc1ccccc1)C[C@H]1C(=O)N(C(=O)OC)C(=O)[C@H]12. The van der Waals surface area contributed by atoms with Crippen molar-refractivity contribution < 1.29 is 43.4 Å². The molecule has 2 fully saturated rings. The highest BCUT2D eigenvalue weighted by molar-refractivity contribution is 14.1. The van der Waals surface area contributed by atoms with Crippen molar-refractivity contribution in [1.29, 1.82) is 0 Å². The lowest BCUT2D eigenvalue weighted by molar-refractivity contribution is -0.137. The number of hydrogen-bond acceptors (Lipinski definition) is 9. The van der Waals surface area contributed by atoms with Gasteiger partial charge in [0, 0.05) is 0 Å². The first-order valence-electron chi connectivity index (χ1n) is 14.6. The van der Waals surface area contributed by atoms with Crippen LogP contribution in [0, 0.1) is 21.3 Å². The fourth-order valence-electron chi connectivity index (χ4n) is 6.59. The van der Waals surface area contributed by atoms with E-state index in [4.69, 9.17) is 18.9 Å². The van der Waals surface area contributed by atoms with Crippen LogP contribution >= 0.6 is 22.6 Å². The maximum Gasteiger partial charge on any atom is 0.455 e. The predicted molar refractivity (Wildman–Crippen MR) is 171 cm³/mol. The monoisotopic (exact) mass is 715 g/mol. The number of benzene rings is 2. The van der Waals surface area contributed by atoms with Crippen LogP contribution in [0.2, 0.25) is 6.32 Å². The summed E-state index contributed by atoms with van der Waals surface area (Å²) in [6, 6.07) is 13.0. The van der Waals surface area contributed by atoms with E-state index in [-0.39, 0.29) is 25.1 Å². The van der Waals surface area contributed by atoms with E-state index in [1.54, 1.807) is 6.07 Å². The summed E-state index contributed by atoms with van der Waals surface area (Å²) in [6.07, 6.45) is 2.79. The van der Waals surface area contributed by atoms with Crippen LogP contribution in [0.25, 0.3) is 6.08 Å². The van der Waals surface area contributed by atoms with Gasteiger partial charge in [0.15, 0.2) is 11.5 Å². The van der Waals surface area contributed by atoms with Crippen LogP contribution in [0.3, 0.4) is 0 Å². The molecular weight excluding hydrogens is 680 g/mol. The number of phenols is 1. The minimum absolute atomic E-state index is 0.0948. The molecule has 5 rings (SSSR count). The molecule has 2 aliphatic heterocycles. The molecule has 3 amide bonds. The minimum Gasteiger partial charge on any atom is -0.504 e. The summed E-state index contributed by atoms with van der Waals surface area (Å²) in [5.41, 5.74) is 3.70. The number of ether oxygens (including phenoxy) is 3. The molecule has 4 atom stereocenters. The second kappa shape index (κ2) is 13.7. The molecule has 0 bridgehead atoms. The summed E-state index contributed by atoms with van der Waals surface area (Å²) in [7, 11) is 1.50. The number of nitrogens with zero attached hydrogens (tertiary/aromatic N) is 1. The molecule has 0 aromatic heterocycles. The van der Waals surface area contributed by atoms with Crippen LogP contribution in [-0.4, -0.2) is 67.0 Å². The quantitative estimate of drug-likeness (QED) is 0.155. The maximum absolute atomic E-state index is 13.5. The molecule has 12 heteroatoms. The molecule has 1 aliphatic carbocycles. The molecule has 44 heavy (non-hydrogen) atoms. The number of likely N-dealkylation sites (tertiary alicyclic amines) is 1. The van der Waals surface area contributed by atoms with Gasteiger partial charge in [0.25, 0.3) is 0 Å². The number of carbonyl (C=O) groups is 3. The highest BCUT2D eigenvalue weighted by Crippen LogP contribution is 2.51. The molecule has 0 unspecified atom stereocenters. The van der Waals surface area contributed by atoms with Crippen LogP contribution in [0.5, 0.6) is 17.2 Å². The Morgan fingerprint density at radius 2 is 1.91 bits per heavy atom. The summed E-state index contributed by atoms with van der Waals surface area (Å²) in [5, 5.41) is 21.1. The summed E-state index contributed by atoms with van der Waals surface area (Å²) in [5.74, 6) is -2.10. The van der Waals surface area contributed by atoms with Crippen LogP contribution in [0.15, 0.2) is 59.2 Å². The first-order valence-corrected chi connectivity index (χ1v) is 15.7. The summed E-state index contributed by atoms with van der Waals surface area (Å²) >= 11 is 2.07. The number of allylic oxidation sites excluding steroid dienone is 1. The van der Waals surface area contributed by atoms with E-state index in [1.807, 2.05) is 36.4 Å². The number of amides is 3. The van der Waals surface area contributed by atoms with Crippen LogP contribution in [0.1, 0.15) is 38.2 Å². The molecular formula is C32H35BINO9. The number of carbonyl (C=O) groups excluding carboxylic acids is 3. The van der Waals surface area contributed by atoms with Crippen molar-refractivity contribution in [3.8, 4) is 17.2 Å². The average molecular weight is 715 g/mol. The van der Waals surface area contributed by atoms with Crippen LogP contribution < -0.4 is 9.47 Å². The fourth-order valence-corrected chi connectivity index (χ4v) is 7.22. The van der Waals surface area contributed by atoms with E-state index in [0.29, 0.717) is 32.8 Å². The van der Waals surface area contributed by atoms with Gasteiger partial charge in [0.05, 0.1) is 35.7 Å². The third kappa shape index (κ3) is 6.38. The van der Waals surface area contributed by atoms with Crippen LogP contribution in [-0.2, 0) is 19.0 Å². The Labute approximate surface area is 270 Å². The lowest BCUT2D eigenvalue weighted by Crippen LogP contribution is -2.46. The van der Waals surface area contributed by atoms with Gasteiger partial charge in [-0.3, -0.25) is 9.59 Å². The Kier molecular flexibility index (Phi) is 10.0. The standard InChI is InChI=1S/C32H35BINO9/c1-4-18(12-19-13-24(34)29(36)26(14-19)41-2)10-11-25-27-20(17-43-21-8-6-5-7-9-21)15-22-28(23(27)16-33(40)44-25)31(38)35(30(22)37)32(39)42-3/h5-9,12-14,22-23,25,28,36,40H,4,10-11,15-17H2,1-3H3/b18-12+/t22-,23+,25-,28-/m1/s1. The van der Waals surface area contributed by atoms with Gasteiger partial charge in [-0.25, -0.2) is 4.79 Å². The molecule has 0 radical (unpaired) electrons. The van der Waals surface area contributed by atoms with Gasteiger partial charge >= 0.3 is 13.2 Å². The van der Waals surface area contributed by atoms with E-state index >= 15 is 0 Å². The summed E-state index contributed by atoms with van der Waals surface area (Å²) < 4.78 is 23.0. The number of hydrogen-bond donors (Lipinski definition) is 2. The van der Waals surface area contributed by atoms with Crippen molar-refractivity contribution >= 4 is 53.7 Å². The lowest BCUT2D eigenvalue weighted by Gasteiger charge is -2.43. The number of para-hydroxylation sites is 1. The third-order valence-electron chi connectivity index (χ3n) is 8.64. The summed E-state index contributed by atoms with van der Waals surface area (Å²) in [4.78, 5) is 39.9. The van der Waals surface area contributed by atoms with E-state index in [0.717, 1.165) is 35.8 Å². The maximum atomic E-state index is 13.5. The topological polar surface area (TPSA) is 132 Å². The van der Waals surface area contributed by atoms with Crippen molar-refractivity contribution in [3.05, 3.63) is 68.3 Å². The van der Waals surface area contributed by atoms with E-state index in [1.165, 1.54) is 7.11 Å². The lowest BCUT2D eigenvalue weighted by atomic mass is 9.58. The molecule has 0 saturated carbocycles. The van der Waals surface area contributed by atoms with E-state index < -0.39 is 48.9 Å². The Morgan fingerprint density at radius 3 is 2.59 bits per heavy atom. The van der Waals surface area contributed by atoms with Crippen LogP contribution in [0.4, 0.5) is 4.79 Å². The van der Waals surface area contributed by atoms with E-state index in [9.17, 15) is 24.5 Å². The normalized spacial score (nSPS) is 23.4. The van der Waals surface area contributed by atoms with Gasteiger partial charge < -0.3 is 29.0 Å². The largest absolute Gasteiger partial charge is 0.504 e. The van der Waals surface area contributed by atoms with Crippen molar-refractivity contribution in [3.63, 3.8) is 0 Å². The number of imide groups is 3. The number of phenolic OH excluding ortho intramolecular Hbond substituents is 1. The van der Waals surface area contributed by atoms with Gasteiger partial charge in [-0.2, -0.15) is 4.90 Å². The third-order valence-corrected chi connectivity index (χ3v) is 9.47. The molecule has 2 aromatic rings. The molecule has 2 heterocycles. The Bertz CT molecular complexity index is 1490. The predicted octanol–water partition coefficient (Wildman–Crippen LogP) is 5.22. The number of aromatic hydroxyl groups is 1. The fraction of sp³-hybridized carbons (Fsp3) is 0.406.